The summed E-state index contributed by atoms with van der Waals surface area (Å²) in [5.74, 6) is 1.72. The summed E-state index contributed by atoms with van der Waals surface area (Å²) in [6, 6.07) is 7.63. The first-order valence-corrected chi connectivity index (χ1v) is 6.04. The molecule has 3 nitrogen and oxygen atoms in total. The van der Waals surface area contributed by atoms with Gasteiger partial charge in [-0.15, -0.1) is 0 Å². The molecule has 2 rings (SSSR count). The van der Waals surface area contributed by atoms with Gasteiger partial charge in [0.15, 0.2) is 0 Å². The molecule has 1 aliphatic heterocycles. The van der Waals surface area contributed by atoms with E-state index in [0.29, 0.717) is 19.3 Å². The van der Waals surface area contributed by atoms with Crippen LogP contribution in [0.25, 0.3) is 0 Å². The summed E-state index contributed by atoms with van der Waals surface area (Å²) in [5, 5.41) is 0.838. The van der Waals surface area contributed by atoms with Crippen LogP contribution in [0.3, 0.4) is 0 Å². The topological polar surface area (TPSA) is 31.0 Å². The molecule has 15 heavy (non-hydrogen) atoms. The van der Waals surface area contributed by atoms with Gasteiger partial charge in [-0.25, -0.2) is 0 Å². The summed E-state index contributed by atoms with van der Waals surface area (Å²) in [4.78, 5) is 0. The molecular weight excluding hydrogens is 260 g/mol. The summed E-state index contributed by atoms with van der Waals surface area (Å²) in [6.07, 6.45) is 0.300. The summed E-state index contributed by atoms with van der Waals surface area (Å²) in [5.41, 5.74) is 0. The van der Waals surface area contributed by atoms with E-state index in [9.17, 15) is 0 Å². The lowest BCUT2D eigenvalue weighted by atomic mass is 10.3. The summed E-state index contributed by atoms with van der Waals surface area (Å²) >= 11 is 3.31. The minimum Gasteiger partial charge on any atom is -0.493 e. The van der Waals surface area contributed by atoms with Crippen molar-refractivity contribution in [2.24, 2.45) is 0 Å². The smallest absolute Gasteiger partial charge is 0.119 e. The van der Waals surface area contributed by atoms with E-state index in [1.54, 1.807) is 0 Å². The predicted octanol–water partition coefficient (Wildman–Crippen LogP) is 2.24. The highest BCUT2D eigenvalue weighted by Crippen LogP contribution is 2.19. The quantitative estimate of drug-likeness (QED) is 0.588. The van der Waals surface area contributed by atoms with Crippen molar-refractivity contribution in [2.45, 2.75) is 6.10 Å². The van der Waals surface area contributed by atoms with Gasteiger partial charge in [0, 0.05) is 5.33 Å². The molecule has 0 aromatic heterocycles. The van der Waals surface area contributed by atoms with E-state index < -0.39 is 0 Å². The van der Waals surface area contributed by atoms with Gasteiger partial charge in [-0.3, -0.25) is 0 Å². The predicted molar refractivity (Wildman–Crippen MR) is 61.0 cm³/mol. The number of ether oxygens (including phenoxy) is 3. The number of epoxide rings is 1. The maximum Gasteiger partial charge on any atom is 0.119 e. The van der Waals surface area contributed by atoms with Crippen LogP contribution < -0.4 is 9.47 Å². The molecule has 1 heterocycles. The lowest BCUT2D eigenvalue weighted by Crippen LogP contribution is -2.04. The molecule has 0 aliphatic carbocycles. The number of alkyl halides is 1. The van der Waals surface area contributed by atoms with Crippen LogP contribution in [-0.2, 0) is 4.74 Å². The van der Waals surface area contributed by atoms with Gasteiger partial charge in [0.2, 0.25) is 0 Å². The molecule has 0 spiro atoms. The fraction of sp³-hybridized carbons (Fsp3) is 0.455. The molecule has 1 saturated heterocycles. The van der Waals surface area contributed by atoms with Gasteiger partial charge in [0.1, 0.15) is 24.2 Å². The number of hydrogen-bond acceptors (Lipinski definition) is 3. The normalized spacial score (nSPS) is 18.6. The Morgan fingerprint density at radius 2 is 1.80 bits per heavy atom. The Kier molecular flexibility index (Phi) is 3.86. The maximum atomic E-state index is 5.50. The Morgan fingerprint density at radius 1 is 1.20 bits per heavy atom. The Morgan fingerprint density at radius 3 is 2.33 bits per heavy atom. The zero-order chi connectivity index (χ0) is 10.5. The van der Waals surface area contributed by atoms with E-state index in [1.807, 2.05) is 24.3 Å². The second kappa shape index (κ2) is 5.37. The van der Waals surface area contributed by atoms with Crippen molar-refractivity contribution < 1.29 is 14.2 Å². The second-order valence-corrected chi connectivity index (χ2v) is 4.07. The molecule has 1 atom stereocenters. The third-order valence-corrected chi connectivity index (χ3v) is 2.33. The van der Waals surface area contributed by atoms with Gasteiger partial charge in [-0.2, -0.15) is 0 Å². The fourth-order valence-corrected chi connectivity index (χ4v) is 1.30. The van der Waals surface area contributed by atoms with E-state index in [2.05, 4.69) is 15.9 Å². The minimum absolute atomic E-state index is 0.300. The average Bonchev–Trinajstić information content (AvgIpc) is 3.09. The van der Waals surface area contributed by atoms with Crippen molar-refractivity contribution >= 4 is 15.9 Å². The summed E-state index contributed by atoms with van der Waals surface area (Å²) in [7, 11) is 0. The molecule has 1 aliphatic rings. The largest absolute Gasteiger partial charge is 0.493 e. The van der Waals surface area contributed by atoms with Crippen LogP contribution in [0.4, 0.5) is 0 Å². The summed E-state index contributed by atoms with van der Waals surface area (Å²) in [6.45, 7) is 2.14. The number of halogens is 1. The third-order valence-electron chi connectivity index (χ3n) is 2.01. The summed E-state index contributed by atoms with van der Waals surface area (Å²) < 4.78 is 16.0. The van der Waals surface area contributed by atoms with Gasteiger partial charge in [0.25, 0.3) is 0 Å². The van der Waals surface area contributed by atoms with Gasteiger partial charge in [0.05, 0.1) is 13.2 Å². The number of benzene rings is 1. The van der Waals surface area contributed by atoms with E-state index >= 15 is 0 Å². The maximum absolute atomic E-state index is 5.50. The molecule has 82 valence electrons. The second-order valence-electron chi connectivity index (χ2n) is 3.28. The van der Waals surface area contributed by atoms with Crippen molar-refractivity contribution in [3.63, 3.8) is 0 Å². The molecule has 0 amide bonds. The highest BCUT2D eigenvalue weighted by atomic mass is 79.9. The lowest BCUT2D eigenvalue weighted by molar-refractivity contribution is 0.262. The molecule has 0 bridgehead atoms. The van der Waals surface area contributed by atoms with Crippen LogP contribution in [0.2, 0.25) is 0 Å². The number of hydrogen-bond donors (Lipinski definition) is 0. The van der Waals surface area contributed by atoms with Gasteiger partial charge < -0.3 is 14.2 Å². The van der Waals surface area contributed by atoms with Crippen molar-refractivity contribution in [2.75, 3.05) is 25.2 Å². The first-order chi connectivity index (χ1) is 7.38. The first-order valence-electron chi connectivity index (χ1n) is 4.92. The molecule has 1 aromatic carbocycles. The standard InChI is InChI=1S/C11H13BrO3/c12-5-6-13-9-1-3-10(4-2-9)14-7-11-8-15-11/h1-4,11H,5-8H2. The molecule has 0 N–H and O–H groups in total. The van der Waals surface area contributed by atoms with Crippen molar-refractivity contribution in [1.82, 2.24) is 0 Å². The van der Waals surface area contributed by atoms with Gasteiger partial charge in [-0.05, 0) is 24.3 Å². The van der Waals surface area contributed by atoms with Crippen LogP contribution in [0.15, 0.2) is 24.3 Å². The molecule has 0 radical (unpaired) electrons. The third kappa shape index (κ3) is 3.72. The molecular formula is C11H13BrO3. The zero-order valence-corrected chi connectivity index (χ0v) is 9.90. The Bertz CT molecular complexity index is 295. The zero-order valence-electron chi connectivity index (χ0n) is 8.32. The van der Waals surface area contributed by atoms with Gasteiger partial charge >= 0.3 is 0 Å². The van der Waals surface area contributed by atoms with Crippen LogP contribution in [-0.4, -0.2) is 31.3 Å². The van der Waals surface area contributed by atoms with Crippen molar-refractivity contribution in [3.05, 3.63) is 24.3 Å². The van der Waals surface area contributed by atoms with Crippen LogP contribution in [0.1, 0.15) is 0 Å². The average molecular weight is 273 g/mol. The lowest BCUT2D eigenvalue weighted by Gasteiger charge is -2.06. The van der Waals surface area contributed by atoms with Crippen LogP contribution in [0.5, 0.6) is 11.5 Å². The number of rotatable bonds is 6. The van der Waals surface area contributed by atoms with Gasteiger partial charge in [-0.1, -0.05) is 15.9 Å². The molecule has 1 unspecified atom stereocenters. The van der Waals surface area contributed by atoms with Crippen LogP contribution >= 0.6 is 15.9 Å². The Hall–Kier alpha value is -0.740. The Balaban J connectivity index is 1.79. The van der Waals surface area contributed by atoms with Crippen LogP contribution in [0, 0.1) is 0 Å². The van der Waals surface area contributed by atoms with E-state index in [0.717, 1.165) is 23.4 Å². The molecule has 4 heteroatoms. The molecule has 1 aromatic rings. The molecule has 0 saturated carbocycles. The SMILES string of the molecule is BrCCOc1ccc(OCC2CO2)cc1. The Labute approximate surface area is 97.5 Å². The monoisotopic (exact) mass is 272 g/mol. The molecule has 1 fully saturated rings. The fourth-order valence-electron chi connectivity index (χ4n) is 1.14. The van der Waals surface area contributed by atoms with E-state index in [4.69, 9.17) is 14.2 Å². The van der Waals surface area contributed by atoms with Crippen molar-refractivity contribution in [1.29, 1.82) is 0 Å². The van der Waals surface area contributed by atoms with E-state index in [-0.39, 0.29) is 0 Å². The highest BCUT2D eigenvalue weighted by molar-refractivity contribution is 9.09. The van der Waals surface area contributed by atoms with Crippen molar-refractivity contribution in [3.8, 4) is 11.5 Å². The van der Waals surface area contributed by atoms with E-state index in [1.165, 1.54) is 0 Å². The first kappa shape index (κ1) is 10.8. The minimum atomic E-state index is 0.300. The highest BCUT2D eigenvalue weighted by Gasteiger charge is 2.22.